The van der Waals surface area contributed by atoms with E-state index in [2.05, 4.69) is 13.5 Å². The van der Waals surface area contributed by atoms with Crippen LogP contribution >= 0.6 is 0 Å². The van der Waals surface area contributed by atoms with E-state index in [0.29, 0.717) is 6.42 Å². The van der Waals surface area contributed by atoms with Crippen molar-refractivity contribution in [1.82, 2.24) is 0 Å². The number of unbranched alkanes of at least 4 members (excludes halogenated alkanes) is 5. The average Bonchev–Trinajstić information content (AvgIpc) is 2.34. The molecule has 1 N–H and O–H groups in total. The van der Waals surface area contributed by atoms with Gasteiger partial charge in [-0.1, -0.05) is 50.8 Å². The van der Waals surface area contributed by atoms with E-state index in [1.807, 2.05) is 12.2 Å². The summed E-state index contributed by atoms with van der Waals surface area (Å²) in [7, 11) is 0. The maximum atomic E-state index is 11.6. The van der Waals surface area contributed by atoms with Crippen LogP contribution in [0.4, 0.5) is 0 Å². The molecule has 0 aromatic rings. The van der Waals surface area contributed by atoms with Gasteiger partial charge in [0, 0.05) is 12.8 Å². The number of aliphatic hydroxyl groups is 1. The van der Waals surface area contributed by atoms with E-state index in [1.54, 1.807) is 6.08 Å². The molecule has 0 saturated heterocycles. The van der Waals surface area contributed by atoms with Crippen LogP contribution in [0.15, 0.2) is 24.8 Å². The standard InChI is InChI=1S/C16H28O2/c1-3-5-7-9-11-13-16(18)14-15(17)12-10-8-6-4-2/h4,10,12,15,17H,2-3,5-9,11,13-14H2,1H3/b12-10+. The van der Waals surface area contributed by atoms with Crippen LogP contribution in [0.25, 0.3) is 0 Å². The minimum absolute atomic E-state index is 0.173. The van der Waals surface area contributed by atoms with Gasteiger partial charge in [-0.05, 0) is 19.3 Å². The lowest BCUT2D eigenvalue weighted by molar-refractivity contribution is -0.120. The Morgan fingerprint density at radius 3 is 2.61 bits per heavy atom. The van der Waals surface area contributed by atoms with Crippen molar-refractivity contribution in [1.29, 1.82) is 0 Å². The van der Waals surface area contributed by atoms with Crippen LogP contribution in [0.1, 0.15) is 64.7 Å². The molecule has 0 fully saturated rings. The SMILES string of the molecule is C=CCC/C=C/C(O)CC(=O)CCCCCCC. The second-order valence-electron chi connectivity index (χ2n) is 4.77. The summed E-state index contributed by atoms with van der Waals surface area (Å²) in [5, 5.41) is 9.63. The third kappa shape index (κ3) is 11.6. The number of ketones is 1. The zero-order valence-corrected chi connectivity index (χ0v) is 11.7. The summed E-state index contributed by atoms with van der Waals surface area (Å²) < 4.78 is 0. The second kappa shape index (κ2) is 12.6. The van der Waals surface area contributed by atoms with Crippen LogP contribution in [0.5, 0.6) is 0 Å². The van der Waals surface area contributed by atoms with Crippen molar-refractivity contribution in [2.24, 2.45) is 0 Å². The highest BCUT2D eigenvalue weighted by atomic mass is 16.3. The summed E-state index contributed by atoms with van der Waals surface area (Å²) >= 11 is 0. The molecule has 0 saturated carbocycles. The smallest absolute Gasteiger partial charge is 0.135 e. The Labute approximate surface area is 112 Å². The molecule has 1 unspecified atom stereocenters. The highest BCUT2D eigenvalue weighted by molar-refractivity contribution is 5.79. The van der Waals surface area contributed by atoms with Crippen LogP contribution in [0, 0.1) is 0 Å². The van der Waals surface area contributed by atoms with Gasteiger partial charge in [-0.25, -0.2) is 0 Å². The topological polar surface area (TPSA) is 37.3 Å². The van der Waals surface area contributed by atoms with E-state index < -0.39 is 6.10 Å². The van der Waals surface area contributed by atoms with Gasteiger partial charge in [-0.15, -0.1) is 6.58 Å². The summed E-state index contributed by atoms with van der Waals surface area (Å²) in [6.07, 6.45) is 13.3. The first kappa shape index (κ1) is 17.1. The zero-order valence-electron chi connectivity index (χ0n) is 11.7. The lowest BCUT2D eigenvalue weighted by Gasteiger charge is -2.04. The first-order chi connectivity index (χ1) is 8.70. The van der Waals surface area contributed by atoms with E-state index in [0.717, 1.165) is 25.7 Å². The Bertz CT molecular complexity index is 243. The van der Waals surface area contributed by atoms with Crippen molar-refractivity contribution in [3.05, 3.63) is 24.8 Å². The lowest BCUT2D eigenvalue weighted by atomic mass is 10.0. The third-order valence-corrected chi connectivity index (χ3v) is 2.89. The van der Waals surface area contributed by atoms with Gasteiger partial charge in [0.05, 0.1) is 6.10 Å². The molecule has 0 aliphatic carbocycles. The first-order valence-corrected chi connectivity index (χ1v) is 7.18. The predicted octanol–water partition coefficient (Wildman–Crippen LogP) is 4.19. The Morgan fingerprint density at radius 1 is 1.22 bits per heavy atom. The van der Waals surface area contributed by atoms with Crippen molar-refractivity contribution >= 4 is 5.78 Å². The van der Waals surface area contributed by atoms with Gasteiger partial charge < -0.3 is 5.11 Å². The fourth-order valence-electron chi connectivity index (χ4n) is 1.80. The molecule has 104 valence electrons. The van der Waals surface area contributed by atoms with Gasteiger partial charge in [-0.2, -0.15) is 0 Å². The summed E-state index contributed by atoms with van der Waals surface area (Å²) in [5.41, 5.74) is 0. The maximum Gasteiger partial charge on any atom is 0.135 e. The van der Waals surface area contributed by atoms with Crippen molar-refractivity contribution in [3.63, 3.8) is 0 Å². The molecule has 2 nitrogen and oxygen atoms in total. The Balaban J connectivity index is 3.54. The molecule has 0 aliphatic rings. The van der Waals surface area contributed by atoms with Gasteiger partial charge in [-0.3, -0.25) is 4.79 Å². The summed E-state index contributed by atoms with van der Waals surface area (Å²) in [6, 6.07) is 0. The molecule has 0 spiro atoms. The van der Waals surface area contributed by atoms with Gasteiger partial charge in [0.1, 0.15) is 5.78 Å². The van der Waals surface area contributed by atoms with Gasteiger partial charge in [0.25, 0.3) is 0 Å². The molecule has 0 bridgehead atoms. The molecule has 0 aliphatic heterocycles. The minimum Gasteiger partial charge on any atom is -0.389 e. The van der Waals surface area contributed by atoms with Crippen LogP contribution in [-0.2, 0) is 4.79 Å². The highest BCUT2D eigenvalue weighted by Crippen LogP contribution is 2.08. The fourth-order valence-corrected chi connectivity index (χ4v) is 1.80. The fraction of sp³-hybridized carbons (Fsp3) is 0.688. The Hall–Kier alpha value is -0.890. The molecule has 0 radical (unpaired) electrons. The molecule has 0 aromatic carbocycles. The lowest BCUT2D eigenvalue weighted by Crippen LogP contribution is -2.10. The Morgan fingerprint density at radius 2 is 1.94 bits per heavy atom. The van der Waals surface area contributed by atoms with Crippen molar-refractivity contribution in [3.8, 4) is 0 Å². The van der Waals surface area contributed by atoms with Crippen LogP contribution in [-0.4, -0.2) is 17.0 Å². The van der Waals surface area contributed by atoms with Gasteiger partial charge in [0.2, 0.25) is 0 Å². The predicted molar refractivity (Wildman–Crippen MR) is 77.6 cm³/mol. The molecule has 0 amide bonds. The van der Waals surface area contributed by atoms with Crippen molar-refractivity contribution < 1.29 is 9.90 Å². The third-order valence-electron chi connectivity index (χ3n) is 2.89. The molecular weight excluding hydrogens is 224 g/mol. The van der Waals surface area contributed by atoms with Crippen LogP contribution in [0.3, 0.4) is 0 Å². The molecule has 0 heterocycles. The zero-order chi connectivity index (χ0) is 13.6. The number of Topliss-reactive ketones (excluding diaryl/α,β-unsaturated/α-hetero) is 1. The molecular formula is C16H28O2. The van der Waals surface area contributed by atoms with Crippen LogP contribution in [0.2, 0.25) is 0 Å². The quantitative estimate of drug-likeness (QED) is 0.418. The summed E-state index contributed by atoms with van der Waals surface area (Å²) in [4.78, 5) is 11.6. The van der Waals surface area contributed by atoms with Crippen LogP contribution < -0.4 is 0 Å². The largest absolute Gasteiger partial charge is 0.389 e. The molecule has 1 atom stereocenters. The molecule has 0 aromatic heterocycles. The van der Waals surface area contributed by atoms with Crippen molar-refractivity contribution in [2.45, 2.75) is 70.8 Å². The van der Waals surface area contributed by atoms with Gasteiger partial charge in [0.15, 0.2) is 0 Å². The van der Waals surface area contributed by atoms with Gasteiger partial charge >= 0.3 is 0 Å². The van der Waals surface area contributed by atoms with Crippen molar-refractivity contribution in [2.75, 3.05) is 0 Å². The van der Waals surface area contributed by atoms with E-state index in [1.165, 1.54) is 19.3 Å². The van der Waals surface area contributed by atoms with E-state index in [4.69, 9.17) is 0 Å². The maximum absolute atomic E-state index is 11.6. The number of rotatable bonds is 12. The van der Waals surface area contributed by atoms with E-state index in [9.17, 15) is 9.90 Å². The monoisotopic (exact) mass is 252 g/mol. The highest BCUT2D eigenvalue weighted by Gasteiger charge is 2.07. The van der Waals surface area contributed by atoms with E-state index >= 15 is 0 Å². The number of carbonyl (C=O) groups is 1. The summed E-state index contributed by atoms with van der Waals surface area (Å²) in [6.45, 7) is 5.81. The number of hydrogen-bond acceptors (Lipinski definition) is 2. The van der Waals surface area contributed by atoms with E-state index in [-0.39, 0.29) is 12.2 Å². The number of hydrogen-bond donors (Lipinski definition) is 1. The summed E-state index contributed by atoms with van der Waals surface area (Å²) in [5.74, 6) is 0.173. The average molecular weight is 252 g/mol. The molecule has 0 rings (SSSR count). The minimum atomic E-state index is -0.613. The molecule has 18 heavy (non-hydrogen) atoms. The second-order valence-corrected chi connectivity index (χ2v) is 4.77. The number of allylic oxidation sites excluding steroid dienone is 2. The molecule has 2 heteroatoms. The number of aliphatic hydroxyl groups excluding tert-OH is 1. The number of carbonyl (C=O) groups excluding carboxylic acids is 1. The Kier molecular flexibility index (Phi) is 11.9. The first-order valence-electron chi connectivity index (χ1n) is 7.18. The normalized spacial score (nSPS) is 12.8.